The summed E-state index contributed by atoms with van der Waals surface area (Å²) in [5, 5.41) is 3.02. The molecule has 0 aromatic heterocycles. The smallest absolute Gasteiger partial charge is 0.237 e. The van der Waals surface area contributed by atoms with Gasteiger partial charge in [0.25, 0.3) is 0 Å². The zero-order valence-electron chi connectivity index (χ0n) is 9.18. The van der Waals surface area contributed by atoms with Crippen molar-refractivity contribution in [3.8, 4) is 0 Å². The molecule has 0 spiro atoms. The predicted octanol–water partition coefficient (Wildman–Crippen LogP) is 1.83. The highest BCUT2D eigenvalue weighted by molar-refractivity contribution is 6.30. The van der Waals surface area contributed by atoms with E-state index in [-0.39, 0.29) is 5.02 Å². The van der Waals surface area contributed by atoms with Crippen LogP contribution in [0.5, 0.6) is 0 Å². The van der Waals surface area contributed by atoms with Gasteiger partial charge >= 0.3 is 0 Å². The SMILES string of the molecule is CC(C)(NCc1ccc(Cl)c(F)c1)C(N)=O. The first-order chi connectivity index (χ1) is 7.33. The van der Waals surface area contributed by atoms with E-state index < -0.39 is 17.3 Å². The molecule has 3 N–H and O–H groups in total. The predicted molar refractivity (Wildman–Crippen MR) is 61.5 cm³/mol. The molecular weight excluding hydrogens is 231 g/mol. The molecule has 0 atom stereocenters. The molecule has 16 heavy (non-hydrogen) atoms. The van der Waals surface area contributed by atoms with Crippen LogP contribution in [-0.4, -0.2) is 11.4 Å². The Morgan fingerprint density at radius 2 is 2.19 bits per heavy atom. The Kier molecular flexibility index (Phi) is 3.88. The Bertz CT molecular complexity index is 407. The van der Waals surface area contributed by atoms with Gasteiger partial charge in [0.05, 0.1) is 10.6 Å². The number of carbonyl (C=O) groups is 1. The fourth-order valence-corrected chi connectivity index (χ4v) is 1.18. The summed E-state index contributed by atoms with van der Waals surface area (Å²) in [6.45, 7) is 3.69. The van der Waals surface area contributed by atoms with Gasteiger partial charge < -0.3 is 5.73 Å². The van der Waals surface area contributed by atoms with Crippen LogP contribution in [0.3, 0.4) is 0 Å². The van der Waals surface area contributed by atoms with E-state index in [9.17, 15) is 9.18 Å². The van der Waals surface area contributed by atoms with Crippen molar-refractivity contribution in [2.75, 3.05) is 0 Å². The molecule has 0 aliphatic heterocycles. The summed E-state index contributed by atoms with van der Waals surface area (Å²) in [5.74, 6) is -0.931. The summed E-state index contributed by atoms with van der Waals surface area (Å²) in [4.78, 5) is 11.0. The van der Waals surface area contributed by atoms with Crippen LogP contribution in [0.1, 0.15) is 19.4 Å². The second-order valence-electron chi connectivity index (χ2n) is 4.09. The van der Waals surface area contributed by atoms with E-state index in [0.717, 1.165) is 0 Å². The van der Waals surface area contributed by atoms with E-state index in [4.69, 9.17) is 17.3 Å². The van der Waals surface area contributed by atoms with Gasteiger partial charge in [0.1, 0.15) is 5.82 Å². The van der Waals surface area contributed by atoms with E-state index in [2.05, 4.69) is 5.32 Å². The Morgan fingerprint density at radius 1 is 1.56 bits per heavy atom. The van der Waals surface area contributed by atoms with Crippen molar-refractivity contribution < 1.29 is 9.18 Å². The standard InChI is InChI=1S/C11H14ClFN2O/c1-11(2,10(14)16)15-6-7-3-4-8(12)9(13)5-7/h3-5,15H,6H2,1-2H3,(H2,14,16). The molecule has 0 unspecified atom stereocenters. The van der Waals surface area contributed by atoms with E-state index in [1.54, 1.807) is 19.9 Å². The third-order valence-corrected chi connectivity index (χ3v) is 2.64. The van der Waals surface area contributed by atoms with Gasteiger partial charge in [-0.2, -0.15) is 0 Å². The normalized spacial score (nSPS) is 11.5. The molecule has 0 saturated heterocycles. The molecule has 0 radical (unpaired) electrons. The fraction of sp³-hybridized carbons (Fsp3) is 0.364. The highest BCUT2D eigenvalue weighted by atomic mass is 35.5. The molecule has 1 rings (SSSR count). The first-order valence-corrected chi connectivity index (χ1v) is 5.19. The summed E-state index contributed by atoms with van der Waals surface area (Å²) < 4.78 is 13.1. The first-order valence-electron chi connectivity index (χ1n) is 4.82. The van der Waals surface area contributed by atoms with E-state index in [0.29, 0.717) is 12.1 Å². The van der Waals surface area contributed by atoms with Crippen LogP contribution in [0.4, 0.5) is 4.39 Å². The number of benzene rings is 1. The van der Waals surface area contributed by atoms with Gasteiger partial charge in [-0.25, -0.2) is 4.39 Å². The number of rotatable bonds is 4. The average Bonchev–Trinajstić information content (AvgIpc) is 2.20. The van der Waals surface area contributed by atoms with Gasteiger partial charge in [-0.05, 0) is 31.5 Å². The number of nitrogens with two attached hydrogens (primary N) is 1. The summed E-state index contributed by atoms with van der Waals surface area (Å²) >= 11 is 5.55. The van der Waals surface area contributed by atoms with Crippen LogP contribution in [0, 0.1) is 5.82 Å². The second-order valence-corrected chi connectivity index (χ2v) is 4.50. The Labute approximate surface area is 98.8 Å². The zero-order chi connectivity index (χ0) is 12.3. The maximum absolute atomic E-state index is 13.1. The third-order valence-electron chi connectivity index (χ3n) is 2.33. The molecular formula is C11H14ClFN2O. The van der Waals surface area contributed by atoms with E-state index in [1.165, 1.54) is 12.1 Å². The van der Waals surface area contributed by atoms with Crippen molar-refractivity contribution in [1.82, 2.24) is 5.32 Å². The van der Waals surface area contributed by atoms with Crippen molar-refractivity contribution in [2.24, 2.45) is 5.73 Å². The highest BCUT2D eigenvalue weighted by Crippen LogP contribution is 2.16. The van der Waals surface area contributed by atoms with Crippen molar-refractivity contribution in [3.05, 3.63) is 34.6 Å². The quantitative estimate of drug-likeness (QED) is 0.849. The highest BCUT2D eigenvalue weighted by Gasteiger charge is 2.23. The number of halogens is 2. The lowest BCUT2D eigenvalue weighted by Gasteiger charge is -2.22. The molecule has 5 heteroatoms. The number of nitrogens with one attached hydrogen (secondary N) is 1. The van der Waals surface area contributed by atoms with Crippen molar-refractivity contribution in [3.63, 3.8) is 0 Å². The molecule has 0 bridgehead atoms. The van der Waals surface area contributed by atoms with Crippen LogP contribution >= 0.6 is 11.6 Å². The molecule has 88 valence electrons. The van der Waals surface area contributed by atoms with Crippen LogP contribution in [0.15, 0.2) is 18.2 Å². The summed E-state index contributed by atoms with van der Waals surface area (Å²) in [6.07, 6.45) is 0. The lowest BCUT2D eigenvalue weighted by atomic mass is 10.0. The number of hydrogen-bond donors (Lipinski definition) is 2. The molecule has 0 aliphatic rings. The molecule has 0 aliphatic carbocycles. The number of amides is 1. The van der Waals surface area contributed by atoms with Crippen LogP contribution in [0.25, 0.3) is 0 Å². The maximum atomic E-state index is 13.1. The summed E-state index contributed by atoms with van der Waals surface area (Å²) in [5.41, 5.74) is 5.07. The molecule has 1 aromatic carbocycles. The molecule has 0 heterocycles. The molecule has 0 saturated carbocycles. The topological polar surface area (TPSA) is 55.1 Å². The Hall–Kier alpha value is -1.13. The van der Waals surface area contributed by atoms with Gasteiger partial charge in [0.15, 0.2) is 0 Å². The average molecular weight is 245 g/mol. The minimum absolute atomic E-state index is 0.0814. The molecule has 3 nitrogen and oxygen atoms in total. The molecule has 1 amide bonds. The van der Waals surface area contributed by atoms with Gasteiger partial charge in [0.2, 0.25) is 5.91 Å². The molecule has 0 fully saturated rings. The van der Waals surface area contributed by atoms with Gasteiger partial charge in [0, 0.05) is 6.54 Å². The minimum atomic E-state index is -0.823. The van der Waals surface area contributed by atoms with Crippen molar-refractivity contribution in [1.29, 1.82) is 0 Å². The van der Waals surface area contributed by atoms with Crippen molar-refractivity contribution >= 4 is 17.5 Å². The maximum Gasteiger partial charge on any atom is 0.237 e. The van der Waals surface area contributed by atoms with Gasteiger partial charge in [-0.15, -0.1) is 0 Å². The zero-order valence-corrected chi connectivity index (χ0v) is 9.94. The third kappa shape index (κ3) is 3.18. The van der Waals surface area contributed by atoms with Gasteiger partial charge in [-0.3, -0.25) is 10.1 Å². The monoisotopic (exact) mass is 244 g/mol. The number of primary amides is 1. The lowest BCUT2D eigenvalue weighted by Crippen LogP contribution is -2.50. The Balaban J connectivity index is 2.68. The largest absolute Gasteiger partial charge is 0.368 e. The second kappa shape index (κ2) is 4.80. The molecule has 1 aromatic rings. The van der Waals surface area contributed by atoms with Crippen molar-refractivity contribution in [2.45, 2.75) is 25.9 Å². The van der Waals surface area contributed by atoms with E-state index in [1.807, 2.05) is 0 Å². The fourth-order valence-electron chi connectivity index (χ4n) is 1.06. The van der Waals surface area contributed by atoms with Gasteiger partial charge in [-0.1, -0.05) is 17.7 Å². The van der Waals surface area contributed by atoms with Crippen LogP contribution in [0.2, 0.25) is 5.02 Å². The van der Waals surface area contributed by atoms with E-state index >= 15 is 0 Å². The number of hydrogen-bond acceptors (Lipinski definition) is 2. The number of carbonyl (C=O) groups excluding carboxylic acids is 1. The van der Waals surface area contributed by atoms with Crippen LogP contribution < -0.4 is 11.1 Å². The summed E-state index contributed by atoms with van der Waals surface area (Å²) in [6, 6.07) is 4.49. The van der Waals surface area contributed by atoms with Crippen LogP contribution in [-0.2, 0) is 11.3 Å². The minimum Gasteiger partial charge on any atom is -0.368 e. The summed E-state index contributed by atoms with van der Waals surface area (Å²) in [7, 11) is 0. The first kappa shape index (κ1) is 12.9. The lowest BCUT2D eigenvalue weighted by molar-refractivity contribution is -0.123. The Morgan fingerprint density at radius 3 is 2.69 bits per heavy atom.